The molecule has 3 heteroatoms. The summed E-state index contributed by atoms with van der Waals surface area (Å²) < 4.78 is 0. The number of anilines is 2. The van der Waals surface area contributed by atoms with Crippen LogP contribution in [0.4, 0.5) is 11.4 Å². The summed E-state index contributed by atoms with van der Waals surface area (Å²) in [4.78, 5) is 2.11. The first-order valence-corrected chi connectivity index (χ1v) is 7.37. The van der Waals surface area contributed by atoms with E-state index in [-0.39, 0.29) is 0 Å². The molecule has 0 saturated carbocycles. The van der Waals surface area contributed by atoms with Gasteiger partial charge >= 0.3 is 0 Å². The van der Waals surface area contributed by atoms with E-state index < -0.39 is 0 Å². The van der Waals surface area contributed by atoms with E-state index in [2.05, 4.69) is 40.5 Å². The van der Waals surface area contributed by atoms with Crippen molar-refractivity contribution in [3.8, 4) is 0 Å². The van der Waals surface area contributed by atoms with Crippen LogP contribution in [-0.4, -0.2) is 14.1 Å². The van der Waals surface area contributed by atoms with Crippen LogP contribution in [0.1, 0.15) is 18.1 Å². The van der Waals surface area contributed by atoms with Crippen LogP contribution in [0, 0.1) is 0 Å². The van der Waals surface area contributed by atoms with Crippen LogP contribution in [0.5, 0.6) is 0 Å². The Kier molecular flexibility index (Phi) is 5.29. The monoisotopic (exact) mass is 300 g/mol. The number of nitrogens with zero attached hydrogens (tertiary/aromatic N) is 1. The molecule has 1 N–H and O–H groups in total. The molecule has 0 bridgehead atoms. The van der Waals surface area contributed by atoms with E-state index >= 15 is 0 Å². The summed E-state index contributed by atoms with van der Waals surface area (Å²) in [5.74, 6) is 0. The molecular weight excluding hydrogens is 280 g/mol. The van der Waals surface area contributed by atoms with Gasteiger partial charge in [0.2, 0.25) is 0 Å². The standard InChI is InChI=1S/C18H21ClN2/c1-14(19)12-15-8-4-5-9-16(15)13-20-17-10-6-7-11-18(17)21(2)3/h4-12,20H,13H2,1-3H3/b14-12-. The molecule has 0 aromatic heterocycles. The molecule has 21 heavy (non-hydrogen) atoms. The molecule has 0 spiro atoms. The fraction of sp³-hybridized carbons (Fsp3) is 0.222. The Bertz CT molecular complexity index is 629. The summed E-state index contributed by atoms with van der Waals surface area (Å²) in [5.41, 5.74) is 4.69. The van der Waals surface area contributed by atoms with Gasteiger partial charge in [-0.2, -0.15) is 0 Å². The van der Waals surface area contributed by atoms with Crippen molar-refractivity contribution in [2.45, 2.75) is 13.5 Å². The van der Waals surface area contributed by atoms with Crippen molar-refractivity contribution in [1.82, 2.24) is 0 Å². The van der Waals surface area contributed by atoms with Gasteiger partial charge in [0.1, 0.15) is 0 Å². The molecule has 2 nitrogen and oxygen atoms in total. The van der Waals surface area contributed by atoms with Crippen molar-refractivity contribution in [1.29, 1.82) is 0 Å². The average molecular weight is 301 g/mol. The third kappa shape index (κ3) is 4.27. The van der Waals surface area contributed by atoms with E-state index in [1.54, 1.807) is 0 Å². The van der Waals surface area contributed by atoms with Crippen molar-refractivity contribution >= 4 is 29.1 Å². The summed E-state index contributed by atoms with van der Waals surface area (Å²) in [6.07, 6.45) is 2.00. The Hall–Kier alpha value is -1.93. The quantitative estimate of drug-likeness (QED) is 0.839. The molecule has 0 fully saturated rings. The Balaban J connectivity index is 2.20. The maximum atomic E-state index is 6.00. The number of allylic oxidation sites excluding steroid dienone is 1. The number of hydrogen-bond acceptors (Lipinski definition) is 2. The Morgan fingerprint density at radius 3 is 2.48 bits per heavy atom. The molecule has 0 unspecified atom stereocenters. The SMILES string of the molecule is C/C(Cl)=C/c1ccccc1CNc1ccccc1N(C)C. The zero-order chi connectivity index (χ0) is 15.2. The minimum Gasteiger partial charge on any atom is -0.379 e. The van der Waals surface area contributed by atoms with Crippen molar-refractivity contribution in [3.63, 3.8) is 0 Å². The van der Waals surface area contributed by atoms with Crippen LogP contribution >= 0.6 is 11.6 Å². The second kappa shape index (κ2) is 7.19. The molecule has 0 amide bonds. The minimum atomic E-state index is 0.766. The number of hydrogen-bond donors (Lipinski definition) is 1. The summed E-state index contributed by atoms with van der Waals surface area (Å²) >= 11 is 6.00. The molecule has 0 aliphatic heterocycles. The Morgan fingerprint density at radius 2 is 1.76 bits per heavy atom. The van der Waals surface area contributed by atoms with Gasteiger partial charge in [0, 0.05) is 25.7 Å². The Morgan fingerprint density at radius 1 is 1.10 bits per heavy atom. The largest absolute Gasteiger partial charge is 0.379 e. The maximum Gasteiger partial charge on any atom is 0.0596 e. The molecule has 0 radical (unpaired) electrons. The predicted molar refractivity (Wildman–Crippen MR) is 94.0 cm³/mol. The van der Waals surface area contributed by atoms with E-state index in [1.807, 2.05) is 45.3 Å². The zero-order valence-corrected chi connectivity index (χ0v) is 13.5. The smallest absolute Gasteiger partial charge is 0.0596 e. The lowest BCUT2D eigenvalue weighted by Crippen LogP contribution is -2.12. The number of rotatable bonds is 5. The predicted octanol–water partition coefficient (Wildman–Crippen LogP) is 4.96. The summed E-state index contributed by atoms with van der Waals surface area (Å²) in [5, 5.41) is 4.30. The zero-order valence-electron chi connectivity index (χ0n) is 12.7. The van der Waals surface area contributed by atoms with Crippen LogP contribution in [0.25, 0.3) is 6.08 Å². The van der Waals surface area contributed by atoms with E-state index in [4.69, 9.17) is 11.6 Å². The van der Waals surface area contributed by atoms with Gasteiger partial charge in [-0.15, -0.1) is 0 Å². The summed E-state index contributed by atoms with van der Waals surface area (Å²) in [6.45, 7) is 2.66. The first-order valence-electron chi connectivity index (χ1n) is 7.00. The van der Waals surface area contributed by atoms with Crippen LogP contribution in [0.3, 0.4) is 0 Å². The first kappa shape index (κ1) is 15.5. The van der Waals surface area contributed by atoms with Gasteiger partial charge in [-0.1, -0.05) is 48.0 Å². The first-order chi connectivity index (χ1) is 10.1. The van der Waals surface area contributed by atoms with Crippen molar-refractivity contribution in [2.24, 2.45) is 0 Å². The van der Waals surface area contributed by atoms with Crippen molar-refractivity contribution in [2.75, 3.05) is 24.3 Å². The highest BCUT2D eigenvalue weighted by Gasteiger charge is 2.04. The van der Waals surface area contributed by atoms with Crippen LogP contribution in [0.2, 0.25) is 0 Å². The highest BCUT2D eigenvalue weighted by atomic mass is 35.5. The van der Waals surface area contributed by atoms with Crippen molar-refractivity contribution in [3.05, 3.63) is 64.7 Å². The number of nitrogens with one attached hydrogen (secondary N) is 1. The Labute approximate surface area is 132 Å². The number of benzene rings is 2. The molecule has 0 atom stereocenters. The second-order valence-corrected chi connectivity index (χ2v) is 5.79. The summed E-state index contributed by atoms with van der Waals surface area (Å²) in [7, 11) is 4.10. The highest BCUT2D eigenvalue weighted by Crippen LogP contribution is 2.24. The second-order valence-electron chi connectivity index (χ2n) is 5.20. The fourth-order valence-corrected chi connectivity index (χ4v) is 2.37. The lowest BCUT2D eigenvalue weighted by atomic mass is 10.1. The van der Waals surface area contributed by atoms with Crippen LogP contribution < -0.4 is 10.2 Å². The van der Waals surface area contributed by atoms with E-state index in [0.717, 1.165) is 22.8 Å². The molecule has 110 valence electrons. The third-order valence-corrected chi connectivity index (χ3v) is 3.37. The molecular formula is C18H21ClN2. The molecule has 0 heterocycles. The van der Waals surface area contributed by atoms with Gasteiger partial charge in [0.05, 0.1) is 11.4 Å². The fourth-order valence-electron chi connectivity index (χ4n) is 2.25. The normalized spacial score (nSPS) is 11.3. The maximum absolute atomic E-state index is 6.00. The molecule has 0 saturated heterocycles. The molecule has 2 aromatic carbocycles. The molecule has 2 aromatic rings. The number of para-hydroxylation sites is 2. The van der Waals surface area contributed by atoms with Gasteiger partial charge in [-0.05, 0) is 36.3 Å². The lowest BCUT2D eigenvalue weighted by Gasteiger charge is -2.18. The van der Waals surface area contributed by atoms with Gasteiger partial charge in [-0.25, -0.2) is 0 Å². The molecule has 0 aliphatic rings. The third-order valence-electron chi connectivity index (χ3n) is 3.26. The van der Waals surface area contributed by atoms with E-state index in [1.165, 1.54) is 11.3 Å². The topological polar surface area (TPSA) is 15.3 Å². The van der Waals surface area contributed by atoms with Gasteiger partial charge < -0.3 is 10.2 Å². The van der Waals surface area contributed by atoms with E-state index in [0.29, 0.717) is 0 Å². The van der Waals surface area contributed by atoms with Gasteiger partial charge in [0.15, 0.2) is 0 Å². The number of halogens is 1. The van der Waals surface area contributed by atoms with Gasteiger partial charge in [-0.3, -0.25) is 0 Å². The highest BCUT2D eigenvalue weighted by molar-refractivity contribution is 6.31. The van der Waals surface area contributed by atoms with E-state index in [9.17, 15) is 0 Å². The van der Waals surface area contributed by atoms with Gasteiger partial charge in [0.25, 0.3) is 0 Å². The minimum absolute atomic E-state index is 0.766. The average Bonchev–Trinajstić information content (AvgIpc) is 2.46. The van der Waals surface area contributed by atoms with Crippen LogP contribution in [-0.2, 0) is 6.54 Å². The van der Waals surface area contributed by atoms with Crippen molar-refractivity contribution < 1.29 is 0 Å². The molecule has 2 rings (SSSR count). The lowest BCUT2D eigenvalue weighted by molar-refractivity contribution is 1.10. The molecule has 0 aliphatic carbocycles. The summed E-state index contributed by atoms with van der Waals surface area (Å²) in [6, 6.07) is 16.6. The van der Waals surface area contributed by atoms with Crippen LogP contribution in [0.15, 0.2) is 53.6 Å².